The van der Waals surface area contributed by atoms with Crippen molar-refractivity contribution in [2.45, 2.75) is 175 Å². The van der Waals surface area contributed by atoms with Crippen molar-refractivity contribution in [3.05, 3.63) is 47.2 Å². The smallest absolute Gasteiger partial charge is 0.413 e. The SMILES string of the molecule is CC(C)(C)OC(=O)NCC(Cn1cc(-c2ccc3c(c2)CC[C@H](C(C)(O/N=C(\C(=O)O)c2csc(NC(=O)OC(C)(C)C)n2)C(=O)OC(C)(C)C)O3)c[n+]1CCCN)O[Si](C)(C)C(C)(C)C. The first-order chi connectivity index (χ1) is 30.3. The van der Waals surface area contributed by atoms with Crippen LogP contribution in [0.15, 0.2) is 41.1 Å². The first-order valence-electron chi connectivity index (χ1n) is 22.2. The predicted molar refractivity (Wildman–Crippen MR) is 254 cm³/mol. The zero-order chi connectivity index (χ0) is 49.6. The minimum atomic E-state index is -2.28. The number of alkyl carbamates (subject to hydrolysis) is 1. The molecule has 3 heterocycles. The van der Waals surface area contributed by atoms with Gasteiger partial charge in [-0.25, -0.2) is 24.2 Å². The van der Waals surface area contributed by atoms with E-state index in [4.69, 9.17) is 33.9 Å². The monoisotopic (exact) mass is 958 g/mol. The summed E-state index contributed by atoms with van der Waals surface area (Å²) < 4.78 is 34.2. The number of hydrogen-bond acceptors (Lipinski definition) is 14. The number of nitrogens with two attached hydrogens (primary N) is 1. The molecule has 0 saturated carbocycles. The van der Waals surface area contributed by atoms with Gasteiger partial charge in [-0.15, -0.1) is 16.0 Å². The average molecular weight is 959 g/mol. The molecule has 0 saturated heterocycles. The van der Waals surface area contributed by atoms with E-state index in [1.165, 1.54) is 12.3 Å². The van der Waals surface area contributed by atoms with Gasteiger partial charge < -0.3 is 44.4 Å². The highest BCUT2D eigenvalue weighted by atomic mass is 32.1. The van der Waals surface area contributed by atoms with Crippen LogP contribution in [0, 0.1) is 0 Å². The Morgan fingerprint density at radius 1 is 0.970 bits per heavy atom. The molecule has 2 aromatic heterocycles. The molecule has 1 aliphatic heterocycles. The van der Waals surface area contributed by atoms with E-state index in [-0.39, 0.29) is 28.5 Å². The van der Waals surface area contributed by atoms with Crippen LogP contribution in [-0.4, -0.2) is 101 Å². The Morgan fingerprint density at radius 3 is 2.20 bits per heavy atom. The number of benzene rings is 1. The fourth-order valence-corrected chi connectivity index (χ4v) is 8.47. The van der Waals surface area contributed by atoms with Gasteiger partial charge in [0.25, 0.3) is 5.60 Å². The summed E-state index contributed by atoms with van der Waals surface area (Å²) in [6.45, 7) is 29.9. The number of anilines is 1. The number of aromatic nitrogens is 3. The van der Waals surface area contributed by atoms with Crippen LogP contribution in [0.3, 0.4) is 0 Å². The first kappa shape index (κ1) is 53.6. The number of fused-ring (bicyclic) bond motifs is 1. The van der Waals surface area contributed by atoms with Crippen LogP contribution in [0.2, 0.25) is 18.1 Å². The molecule has 2 unspecified atom stereocenters. The van der Waals surface area contributed by atoms with Gasteiger partial charge in [0.1, 0.15) is 34.8 Å². The summed E-state index contributed by atoms with van der Waals surface area (Å²) >= 11 is 0.962. The fraction of sp³-hybridized carbons (Fsp3) is 0.630. The lowest BCUT2D eigenvalue weighted by molar-refractivity contribution is -0.775. The van der Waals surface area contributed by atoms with Gasteiger partial charge in [0.05, 0.1) is 17.9 Å². The van der Waals surface area contributed by atoms with Crippen LogP contribution in [-0.2, 0) is 52.6 Å². The number of carboxylic acid groups (broad SMARTS) is 1. The lowest BCUT2D eigenvalue weighted by Gasteiger charge is -2.39. The quantitative estimate of drug-likeness (QED) is 0.0253. The number of amides is 2. The Labute approximate surface area is 394 Å². The van der Waals surface area contributed by atoms with E-state index in [2.05, 4.69) is 76.4 Å². The van der Waals surface area contributed by atoms with Crippen molar-refractivity contribution in [1.82, 2.24) is 15.0 Å². The lowest BCUT2D eigenvalue weighted by atomic mass is 9.89. The van der Waals surface area contributed by atoms with Gasteiger partial charge in [0.15, 0.2) is 26.1 Å². The maximum absolute atomic E-state index is 14.0. The van der Waals surface area contributed by atoms with E-state index in [0.29, 0.717) is 38.2 Å². The highest BCUT2D eigenvalue weighted by molar-refractivity contribution is 7.14. The molecular formula is C46H72N7O11SSi+. The molecule has 0 aliphatic carbocycles. The molecule has 1 aromatic carbocycles. The summed E-state index contributed by atoms with van der Waals surface area (Å²) in [5, 5.41) is 20.9. The van der Waals surface area contributed by atoms with E-state index < -0.39 is 66.7 Å². The molecule has 20 heteroatoms. The second-order valence-electron chi connectivity index (χ2n) is 21.1. The molecule has 0 radical (unpaired) electrons. The third kappa shape index (κ3) is 15.2. The largest absolute Gasteiger partial charge is 0.485 e. The molecule has 2 amide bonds. The summed E-state index contributed by atoms with van der Waals surface area (Å²) in [5.41, 5.74) is 3.76. The van der Waals surface area contributed by atoms with Crippen LogP contribution in [0.25, 0.3) is 11.1 Å². The highest BCUT2D eigenvalue weighted by Crippen LogP contribution is 2.39. The average Bonchev–Trinajstić information content (AvgIpc) is 3.79. The molecule has 4 rings (SSSR count). The third-order valence-electron chi connectivity index (χ3n) is 10.7. The summed E-state index contributed by atoms with van der Waals surface area (Å²) in [6, 6.07) is 5.81. The molecule has 66 heavy (non-hydrogen) atoms. The van der Waals surface area contributed by atoms with Gasteiger partial charge in [-0.2, -0.15) is 4.68 Å². The van der Waals surface area contributed by atoms with E-state index in [1.54, 1.807) is 41.5 Å². The summed E-state index contributed by atoms with van der Waals surface area (Å²) in [7, 11) is -2.28. The van der Waals surface area contributed by atoms with Crippen molar-refractivity contribution in [2.24, 2.45) is 10.9 Å². The normalized spacial score (nSPS) is 16.2. The van der Waals surface area contributed by atoms with Crippen molar-refractivity contribution in [2.75, 3.05) is 18.4 Å². The minimum absolute atomic E-state index is 0.0700. The van der Waals surface area contributed by atoms with Gasteiger partial charge in [0.2, 0.25) is 11.9 Å². The number of rotatable bonds is 17. The summed E-state index contributed by atoms with van der Waals surface area (Å²) in [4.78, 5) is 61.7. The number of carbonyl (C=O) groups is 4. The minimum Gasteiger partial charge on any atom is -0.485 e. The molecule has 5 N–H and O–H groups in total. The Morgan fingerprint density at radius 2 is 1.61 bits per heavy atom. The number of nitrogens with one attached hydrogen (secondary N) is 2. The topological polar surface area (TPSA) is 228 Å². The van der Waals surface area contributed by atoms with Gasteiger partial charge in [-0.3, -0.25) is 5.32 Å². The molecule has 366 valence electrons. The summed E-state index contributed by atoms with van der Waals surface area (Å²) in [6.07, 6.45) is 3.05. The molecule has 18 nitrogen and oxygen atoms in total. The molecular weight excluding hydrogens is 887 g/mol. The van der Waals surface area contributed by atoms with Crippen molar-refractivity contribution in [1.29, 1.82) is 0 Å². The highest BCUT2D eigenvalue weighted by Gasteiger charge is 2.51. The van der Waals surface area contributed by atoms with Crippen molar-refractivity contribution in [3.63, 3.8) is 0 Å². The van der Waals surface area contributed by atoms with Crippen molar-refractivity contribution < 1.29 is 57.2 Å². The van der Waals surface area contributed by atoms with Crippen LogP contribution in [0.1, 0.15) is 114 Å². The summed E-state index contributed by atoms with van der Waals surface area (Å²) in [5.74, 6) is -1.77. The van der Waals surface area contributed by atoms with E-state index in [0.717, 1.165) is 34.4 Å². The van der Waals surface area contributed by atoms with Gasteiger partial charge in [-0.1, -0.05) is 32.0 Å². The number of carboxylic acids is 1. The van der Waals surface area contributed by atoms with Crippen molar-refractivity contribution in [3.8, 4) is 16.9 Å². The number of oxime groups is 1. The molecule has 3 atom stereocenters. The number of carbonyl (C=O) groups excluding carboxylic acids is 3. The Kier molecular flexibility index (Phi) is 16.9. The number of thiazole rings is 1. The van der Waals surface area contributed by atoms with Crippen LogP contribution >= 0.6 is 11.3 Å². The lowest BCUT2D eigenvalue weighted by Crippen LogP contribution is -2.54. The Balaban J connectivity index is 1.63. The maximum Gasteiger partial charge on any atom is 0.413 e. The Hall–Kier alpha value is -5.05. The molecule has 3 aromatic rings. The second kappa shape index (κ2) is 20.9. The molecule has 0 spiro atoms. The number of hydrogen-bond donors (Lipinski definition) is 4. The number of aliphatic carboxylic acids is 1. The number of ether oxygens (including phenoxy) is 4. The zero-order valence-electron chi connectivity index (χ0n) is 41.4. The molecule has 0 fully saturated rings. The fourth-order valence-electron chi connectivity index (χ4n) is 6.44. The zero-order valence-corrected chi connectivity index (χ0v) is 43.2. The van der Waals surface area contributed by atoms with E-state index >= 15 is 0 Å². The standard InChI is InChI=1S/C46H71N7O11SSi/c1-42(2,3)60-38(56)46(13,64-51-36(37(54)55)33-28-65-39(49-33)50-41(58)62-44(7,8)9)35-20-18-30-23-29(17-19-34(30)59-35)31-25-52(22-16-21-47)53(26-31)27-32(63-66(14,15)45(10,11)12)24-48-40(57)61-43(4,5)6/h17,19,23,25-26,28,32,35H,16,18,20-22,24,27,47H2,1-15H3,(H2-,48,49,50,54,55,57,58)/p+1/b51-36-/t32?,35-,46?/m1/s1. The molecule has 1 aliphatic rings. The predicted octanol–water partition coefficient (Wildman–Crippen LogP) is 7.81. The first-order valence-corrected chi connectivity index (χ1v) is 26.0. The van der Waals surface area contributed by atoms with E-state index in [1.807, 2.05) is 39.0 Å². The second-order valence-corrected chi connectivity index (χ2v) is 26.7. The number of aryl methyl sites for hydroxylation is 2. The Bertz CT molecular complexity index is 2230. The molecule has 0 bridgehead atoms. The van der Waals surface area contributed by atoms with Crippen LogP contribution < -0.4 is 25.8 Å². The van der Waals surface area contributed by atoms with Gasteiger partial charge in [-0.05, 0) is 130 Å². The van der Waals surface area contributed by atoms with Crippen molar-refractivity contribution >= 4 is 54.6 Å². The maximum atomic E-state index is 14.0. The number of esters is 1. The third-order valence-corrected chi connectivity index (χ3v) is 16.0. The van der Waals surface area contributed by atoms with Crippen LogP contribution in [0.5, 0.6) is 5.75 Å². The van der Waals surface area contributed by atoms with Gasteiger partial charge in [0, 0.05) is 18.3 Å². The number of nitrogens with zero attached hydrogens (tertiary/aromatic N) is 4. The van der Waals surface area contributed by atoms with Crippen LogP contribution in [0.4, 0.5) is 14.7 Å². The van der Waals surface area contributed by atoms with Gasteiger partial charge >= 0.3 is 24.1 Å². The van der Waals surface area contributed by atoms with E-state index in [9.17, 15) is 24.3 Å².